The first kappa shape index (κ1) is 28.6. The lowest BCUT2D eigenvalue weighted by Crippen LogP contribution is -2.00. The summed E-state index contributed by atoms with van der Waals surface area (Å²) in [6.07, 6.45) is 1.78. The van der Waals surface area contributed by atoms with Crippen molar-refractivity contribution in [3.8, 4) is 67.5 Å². The van der Waals surface area contributed by atoms with E-state index in [1.165, 1.54) is 11.1 Å². The maximum atomic E-state index is 5.01. The highest BCUT2D eigenvalue weighted by Crippen LogP contribution is 2.31. The summed E-state index contributed by atoms with van der Waals surface area (Å²) in [7, 11) is 0. The van der Waals surface area contributed by atoms with E-state index < -0.39 is 0 Å². The average Bonchev–Trinajstić information content (AvgIpc) is 3.15. The van der Waals surface area contributed by atoms with Crippen molar-refractivity contribution in [3.63, 3.8) is 0 Å². The highest BCUT2D eigenvalue weighted by atomic mass is 15.0. The number of hydrogen-bond donors (Lipinski definition) is 0. The van der Waals surface area contributed by atoms with Gasteiger partial charge < -0.3 is 0 Å². The highest BCUT2D eigenvalue weighted by molar-refractivity contribution is 5.78. The van der Waals surface area contributed by atoms with E-state index in [4.69, 9.17) is 15.0 Å². The third-order valence-electron chi connectivity index (χ3n) is 8.07. The van der Waals surface area contributed by atoms with Crippen LogP contribution in [0.3, 0.4) is 0 Å². The molecule has 218 valence electrons. The Hall–Kier alpha value is -6.19. The number of hydrogen-bond acceptors (Lipinski definition) is 3. The van der Waals surface area contributed by atoms with Gasteiger partial charge >= 0.3 is 0 Å². The molecule has 0 saturated heterocycles. The van der Waals surface area contributed by atoms with Crippen LogP contribution in [0.15, 0.2) is 177 Å². The molecule has 6 aromatic carbocycles. The van der Waals surface area contributed by atoms with E-state index in [1.807, 2.05) is 30.3 Å². The van der Waals surface area contributed by atoms with Crippen molar-refractivity contribution in [1.82, 2.24) is 15.0 Å². The van der Waals surface area contributed by atoms with Crippen molar-refractivity contribution in [2.75, 3.05) is 0 Å². The average molecular weight is 590 g/mol. The van der Waals surface area contributed by atoms with E-state index in [2.05, 4.69) is 141 Å². The Labute approximate surface area is 270 Å². The van der Waals surface area contributed by atoms with Gasteiger partial charge in [-0.1, -0.05) is 165 Å². The third-order valence-corrected chi connectivity index (χ3v) is 8.07. The standard InChI is InChI=1S/C43H31N3/c1-3-30(2)37-16-10-17-38(28-37)39-18-11-19-40(29-39)43-45-41(35-24-20-33(21-25-35)31-12-6-4-7-13-31)44-42(46-43)36-26-22-34(23-27-36)32-14-8-5-9-15-32/h3-29H,1-2H2. The molecule has 1 heterocycles. The summed E-state index contributed by atoms with van der Waals surface area (Å²) in [6.45, 7) is 8.00. The third kappa shape index (κ3) is 6.08. The Bertz CT molecular complexity index is 2050. The number of benzene rings is 6. The molecule has 0 N–H and O–H groups in total. The lowest BCUT2D eigenvalue weighted by Gasteiger charge is -2.11. The Morgan fingerprint density at radius 2 is 0.739 bits per heavy atom. The van der Waals surface area contributed by atoms with Crippen LogP contribution in [0, 0.1) is 0 Å². The largest absolute Gasteiger partial charge is 0.208 e. The van der Waals surface area contributed by atoms with Crippen molar-refractivity contribution in [2.45, 2.75) is 0 Å². The fourth-order valence-corrected chi connectivity index (χ4v) is 5.50. The van der Waals surface area contributed by atoms with Gasteiger partial charge in [0.1, 0.15) is 0 Å². The summed E-state index contributed by atoms with van der Waals surface area (Å²) in [5.74, 6) is 1.87. The summed E-state index contributed by atoms with van der Waals surface area (Å²) in [5.41, 5.74) is 11.5. The molecule has 0 aliphatic rings. The highest BCUT2D eigenvalue weighted by Gasteiger charge is 2.14. The van der Waals surface area contributed by atoms with Crippen molar-refractivity contribution >= 4 is 5.57 Å². The molecule has 0 aliphatic carbocycles. The van der Waals surface area contributed by atoms with Gasteiger partial charge in [-0.3, -0.25) is 0 Å². The first-order chi connectivity index (χ1) is 22.6. The van der Waals surface area contributed by atoms with Crippen LogP contribution in [-0.4, -0.2) is 15.0 Å². The van der Waals surface area contributed by atoms with Crippen LogP contribution in [0.2, 0.25) is 0 Å². The number of rotatable bonds is 8. The van der Waals surface area contributed by atoms with Gasteiger partial charge in [0.05, 0.1) is 0 Å². The summed E-state index contributed by atoms with van der Waals surface area (Å²) in [4.78, 5) is 15.0. The summed E-state index contributed by atoms with van der Waals surface area (Å²) < 4.78 is 0. The Kier molecular flexibility index (Phi) is 7.96. The lowest BCUT2D eigenvalue weighted by atomic mass is 9.98. The molecule has 0 bridgehead atoms. The minimum atomic E-state index is 0.618. The SMILES string of the molecule is C=CC(=C)c1cccc(-c2cccc(-c3nc(-c4ccc(-c5ccccc5)cc4)nc(-c4ccc(-c5ccccc5)cc4)n3)c2)c1. The minimum Gasteiger partial charge on any atom is -0.208 e. The lowest BCUT2D eigenvalue weighted by molar-refractivity contribution is 1.07. The molecule has 0 atom stereocenters. The minimum absolute atomic E-state index is 0.618. The predicted octanol–water partition coefficient (Wildman–Crippen LogP) is 11.1. The first-order valence-corrected chi connectivity index (χ1v) is 15.2. The summed E-state index contributed by atoms with van der Waals surface area (Å²) in [6, 6.07) is 54.2. The molecule has 0 spiro atoms. The zero-order valence-electron chi connectivity index (χ0n) is 25.3. The second-order valence-electron chi connectivity index (χ2n) is 11.1. The second kappa shape index (κ2) is 12.8. The Balaban J connectivity index is 1.31. The predicted molar refractivity (Wildman–Crippen MR) is 192 cm³/mol. The monoisotopic (exact) mass is 589 g/mol. The molecule has 1 aromatic heterocycles. The summed E-state index contributed by atoms with van der Waals surface area (Å²) in [5, 5.41) is 0. The van der Waals surface area contributed by atoms with Crippen LogP contribution < -0.4 is 0 Å². The van der Waals surface area contributed by atoms with Crippen LogP contribution in [0.5, 0.6) is 0 Å². The maximum absolute atomic E-state index is 5.01. The molecule has 7 rings (SSSR count). The van der Waals surface area contributed by atoms with Gasteiger partial charge in [-0.15, -0.1) is 0 Å². The van der Waals surface area contributed by atoms with E-state index in [1.54, 1.807) is 6.08 Å². The molecule has 3 heteroatoms. The molecule has 0 fully saturated rings. The van der Waals surface area contributed by atoms with Crippen LogP contribution in [0.25, 0.3) is 73.1 Å². The molecular formula is C43H31N3. The molecule has 0 radical (unpaired) electrons. The van der Waals surface area contributed by atoms with Crippen LogP contribution in [0.4, 0.5) is 0 Å². The van der Waals surface area contributed by atoms with E-state index in [0.29, 0.717) is 17.5 Å². The van der Waals surface area contributed by atoms with Gasteiger partial charge in [-0.05, 0) is 56.6 Å². The van der Waals surface area contributed by atoms with Crippen molar-refractivity contribution in [3.05, 3.63) is 183 Å². The molecule has 46 heavy (non-hydrogen) atoms. The van der Waals surface area contributed by atoms with E-state index in [-0.39, 0.29) is 0 Å². The van der Waals surface area contributed by atoms with Gasteiger partial charge in [0.15, 0.2) is 17.5 Å². The zero-order valence-corrected chi connectivity index (χ0v) is 25.3. The fourth-order valence-electron chi connectivity index (χ4n) is 5.50. The molecule has 0 saturated carbocycles. The zero-order chi connectivity index (χ0) is 31.3. The normalized spacial score (nSPS) is 10.8. The number of nitrogens with zero attached hydrogens (tertiary/aromatic N) is 3. The van der Waals surface area contributed by atoms with Crippen LogP contribution in [-0.2, 0) is 0 Å². The molecule has 0 amide bonds. The van der Waals surface area contributed by atoms with E-state index in [0.717, 1.165) is 50.1 Å². The van der Waals surface area contributed by atoms with Crippen LogP contribution >= 0.6 is 0 Å². The number of allylic oxidation sites excluding steroid dienone is 2. The Morgan fingerprint density at radius 3 is 1.24 bits per heavy atom. The van der Waals surface area contributed by atoms with Gasteiger partial charge in [-0.25, -0.2) is 15.0 Å². The van der Waals surface area contributed by atoms with E-state index >= 15 is 0 Å². The summed E-state index contributed by atoms with van der Waals surface area (Å²) >= 11 is 0. The van der Waals surface area contributed by atoms with E-state index in [9.17, 15) is 0 Å². The Morgan fingerprint density at radius 1 is 0.370 bits per heavy atom. The van der Waals surface area contributed by atoms with Crippen LogP contribution in [0.1, 0.15) is 5.56 Å². The van der Waals surface area contributed by atoms with Crippen molar-refractivity contribution < 1.29 is 0 Å². The molecule has 0 unspecified atom stereocenters. The van der Waals surface area contributed by atoms with Gasteiger partial charge in [0, 0.05) is 16.7 Å². The fraction of sp³-hybridized carbons (Fsp3) is 0. The maximum Gasteiger partial charge on any atom is 0.164 e. The second-order valence-corrected chi connectivity index (χ2v) is 11.1. The molecular weight excluding hydrogens is 558 g/mol. The van der Waals surface area contributed by atoms with Gasteiger partial charge in [0.2, 0.25) is 0 Å². The van der Waals surface area contributed by atoms with Gasteiger partial charge in [0.25, 0.3) is 0 Å². The molecule has 3 nitrogen and oxygen atoms in total. The first-order valence-electron chi connectivity index (χ1n) is 15.2. The molecule has 7 aromatic rings. The smallest absolute Gasteiger partial charge is 0.164 e. The van der Waals surface area contributed by atoms with Gasteiger partial charge in [-0.2, -0.15) is 0 Å². The molecule has 0 aliphatic heterocycles. The topological polar surface area (TPSA) is 38.7 Å². The van der Waals surface area contributed by atoms with Crippen molar-refractivity contribution in [1.29, 1.82) is 0 Å². The quantitative estimate of drug-likeness (QED) is 0.166. The van der Waals surface area contributed by atoms with Crippen molar-refractivity contribution in [2.24, 2.45) is 0 Å². The number of aromatic nitrogens is 3.